The molecule has 0 fully saturated rings. The molecule has 0 aliphatic carbocycles. The Balaban J connectivity index is 2.92. The predicted octanol–water partition coefficient (Wildman–Crippen LogP) is 2.27. The van der Waals surface area contributed by atoms with E-state index < -0.39 is 23.0 Å². The normalized spacial score (nSPS) is 11.3. The number of carbonyl (C=O) groups excluding carboxylic acids is 1. The topological polar surface area (TPSA) is 119 Å². The zero-order chi connectivity index (χ0) is 16.7. The number of carbonyl (C=O) groups is 2. The molecule has 0 saturated heterocycles. The Bertz CT molecular complexity index is 604. The highest BCUT2D eigenvalue weighted by Crippen LogP contribution is 2.24. The summed E-state index contributed by atoms with van der Waals surface area (Å²) < 4.78 is 5.13. The van der Waals surface area contributed by atoms with Gasteiger partial charge in [0.1, 0.15) is 12.6 Å². The van der Waals surface area contributed by atoms with E-state index in [4.69, 9.17) is 5.11 Å². The standard InChI is InChI=1S/C13H13BrN2O6/c1-2-5-22-13(19)15-10(12(17)18)6-8-3-4-9(14)7-11(8)16(20)21/h2-4,7,10H,1,5-6H2,(H,15,19)(H,17,18). The van der Waals surface area contributed by atoms with Crippen LogP contribution in [0.5, 0.6) is 0 Å². The van der Waals surface area contributed by atoms with Crippen LogP contribution in [0.3, 0.4) is 0 Å². The number of halogens is 1. The Hall–Kier alpha value is -2.42. The molecular weight excluding hydrogens is 360 g/mol. The van der Waals surface area contributed by atoms with Crippen LogP contribution in [0, 0.1) is 10.1 Å². The average molecular weight is 373 g/mol. The molecule has 0 aliphatic heterocycles. The van der Waals surface area contributed by atoms with Crippen molar-refractivity contribution in [2.24, 2.45) is 0 Å². The Morgan fingerprint density at radius 2 is 2.23 bits per heavy atom. The van der Waals surface area contributed by atoms with Crippen LogP contribution in [0.2, 0.25) is 0 Å². The van der Waals surface area contributed by atoms with Crippen LogP contribution in [-0.2, 0) is 16.0 Å². The Kier molecular flexibility index (Phi) is 6.51. The summed E-state index contributed by atoms with van der Waals surface area (Å²) in [6.45, 7) is 3.28. The smallest absolute Gasteiger partial charge is 0.408 e. The van der Waals surface area contributed by atoms with Crippen molar-refractivity contribution >= 4 is 33.7 Å². The first kappa shape index (κ1) is 17.6. The van der Waals surface area contributed by atoms with Crippen molar-refractivity contribution in [2.75, 3.05) is 6.61 Å². The molecule has 9 heteroatoms. The molecule has 8 nitrogen and oxygen atoms in total. The van der Waals surface area contributed by atoms with Crippen molar-refractivity contribution in [3.63, 3.8) is 0 Å². The van der Waals surface area contributed by atoms with Crippen molar-refractivity contribution in [1.82, 2.24) is 5.32 Å². The molecule has 22 heavy (non-hydrogen) atoms. The third-order valence-electron chi connectivity index (χ3n) is 2.59. The number of nitro benzene ring substituents is 1. The van der Waals surface area contributed by atoms with Crippen LogP contribution in [0.1, 0.15) is 5.56 Å². The maximum atomic E-state index is 11.4. The van der Waals surface area contributed by atoms with Crippen molar-refractivity contribution in [1.29, 1.82) is 0 Å². The quantitative estimate of drug-likeness (QED) is 0.430. The molecule has 118 valence electrons. The molecule has 0 spiro atoms. The molecule has 1 unspecified atom stereocenters. The van der Waals surface area contributed by atoms with E-state index in [1.165, 1.54) is 18.2 Å². The summed E-state index contributed by atoms with van der Waals surface area (Å²) in [5.74, 6) is -1.33. The van der Waals surface area contributed by atoms with Gasteiger partial charge in [0.15, 0.2) is 0 Å². The molecule has 0 saturated carbocycles. The SMILES string of the molecule is C=CCOC(=O)NC(Cc1ccc(Br)cc1[N+](=O)[O-])C(=O)O. The number of nitro groups is 1. The second-order valence-electron chi connectivity index (χ2n) is 4.16. The van der Waals surface area contributed by atoms with Crippen molar-refractivity contribution in [2.45, 2.75) is 12.5 Å². The number of benzene rings is 1. The predicted molar refractivity (Wildman–Crippen MR) is 80.6 cm³/mol. The molecule has 1 rings (SSSR count). The van der Waals surface area contributed by atoms with Gasteiger partial charge in [0.05, 0.1) is 4.92 Å². The molecule has 2 N–H and O–H groups in total. The van der Waals surface area contributed by atoms with Gasteiger partial charge in [-0.3, -0.25) is 10.1 Å². The summed E-state index contributed by atoms with van der Waals surface area (Å²) in [5, 5.41) is 22.3. The molecular formula is C13H13BrN2O6. The van der Waals surface area contributed by atoms with E-state index >= 15 is 0 Å². The molecule has 1 amide bonds. The van der Waals surface area contributed by atoms with E-state index in [-0.39, 0.29) is 24.3 Å². The number of carboxylic acid groups (broad SMARTS) is 1. The summed E-state index contributed by atoms with van der Waals surface area (Å²) in [5.41, 5.74) is -0.0495. The minimum absolute atomic E-state index is 0.0728. The van der Waals surface area contributed by atoms with Gasteiger partial charge in [-0.2, -0.15) is 0 Å². The number of nitrogens with zero attached hydrogens (tertiary/aromatic N) is 1. The molecule has 1 atom stereocenters. The number of alkyl carbamates (subject to hydrolysis) is 1. The third kappa shape index (κ3) is 5.17. The van der Waals surface area contributed by atoms with E-state index in [1.54, 1.807) is 6.07 Å². The van der Waals surface area contributed by atoms with Crippen LogP contribution in [0.4, 0.5) is 10.5 Å². The molecule has 0 aromatic heterocycles. The van der Waals surface area contributed by atoms with Crippen molar-refractivity contribution in [3.8, 4) is 0 Å². The van der Waals surface area contributed by atoms with Gasteiger partial charge in [-0.1, -0.05) is 34.7 Å². The lowest BCUT2D eigenvalue weighted by atomic mass is 10.0. The summed E-state index contributed by atoms with van der Waals surface area (Å²) in [6, 6.07) is 2.90. The fraction of sp³-hybridized carbons (Fsp3) is 0.231. The lowest BCUT2D eigenvalue weighted by Gasteiger charge is -2.14. The lowest BCUT2D eigenvalue weighted by Crippen LogP contribution is -2.42. The van der Waals surface area contributed by atoms with E-state index in [9.17, 15) is 19.7 Å². The minimum Gasteiger partial charge on any atom is -0.480 e. The number of ether oxygens (including phenoxy) is 1. The van der Waals surface area contributed by atoms with Crippen LogP contribution in [0.15, 0.2) is 35.3 Å². The largest absolute Gasteiger partial charge is 0.480 e. The monoisotopic (exact) mass is 372 g/mol. The molecule has 1 aromatic rings. The van der Waals surface area contributed by atoms with Gasteiger partial charge in [0, 0.05) is 22.5 Å². The molecule has 1 aromatic carbocycles. The minimum atomic E-state index is -1.35. The summed E-state index contributed by atoms with van der Waals surface area (Å²) in [4.78, 5) is 33.0. The van der Waals surface area contributed by atoms with Crippen molar-refractivity contribution < 1.29 is 24.4 Å². The van der Waals surface area contributed by atoms with Crippen LogP contribution in [0.25, 0.3) is 0 Å². The zero-order valence-electron chi connectivity index (χ0n) is 11.3. The zero-order valence-corrected chi connectivity index (χ0v) is 12.9. The average Bonchev–Trinajstić information content (AvgIpc) is 2.45. The Labute approximate surface area is 134 Å². The number of hydrogen-bond donors (Lipinski definition) is 2. The highest BCUT2D eigenvalue weighted by molar-refractivity contribution is 9.10. The van der Waals surface area contributed by atoms with Gasteiger partial charge in [-0.05, 0) is 6.07 Å². The molecule has 0 bridgehead atoms. The number of carboxylic acids is 1. The number of hydrogen-bond acceptors (Lipinski definition) is 5. The van der Waals surface area contributed by atoms with E-state index in [0.29, 0.717) is 4.47 Å². The van der Waals surface area contributed by atoms with E-state index in [2.05, 4.69) is 32.6 Å². The van der Waals surface area contributed by atoms with Gasteiger partial charge in [0.25, 0.3) is 5.69 Å². The van der Waals surface area contributed by atoms with Gasteiger partial charge >= 0.3 is 12.1 Å². The number of rotatable bonds is 7. The fourth-order valence-corrected chi connectivity index (χ4v) is 1.97. The first-order chi connectivity index (χ1) is 10.3. The second kappa shape index (κ2) is 8.13. The second-order valence-corrected chi connectivity index (χ2v) is 5.07. The van der Waals surface area contributed by atoms with E-state index in [0.717, 1.165) is 0 Å². The summed E-state index contributed by atoms with van der Waals surface area (Å²) in [6.07, 6.45) is 0.142. The summed E-state index contributed by atoms with van der Waals surface area (Å²) in [7, 11) is 0. The maximum Gasteiger partial charge on any atom is 0.408 e. The highest BCUT2D eigenvalue weighted by Gasteiger charge is 2.25. The van der Waals surface area contributed by atoms with Crippen molar-refractivity contribution in [3.05, 3.63) is 51.0 Å². The van der Waals surface area contributed by atoms with Gasteiger partial charge in [-0.15, -0.1) is 0 Å². The highest BCUT2D eigenvalue weighted by atomic mass is 79.9. The van der Waals surface area contributed by atoms with Gasteiger partial charge in [-0.25, -0.2) is 9.59 Å². The lowest BCUT2D eigenvalue weighted by molar-refractivity contribution is -0.385. The first-order valence-electron chi connectivity index (χ1n) is 6.05. The summed E-state index contributed by atoms with van der Waals surface area (Å²) >= 11 is 3.11. The molecule has 0 aliphatic rings. The molecule has 0 radical (unpaired) electrons. The Morgan fingerprint density at radius 1 is 1.55 bits per heavy atom. The first-order valence-corrected chi connectivity index (χ1v) is 6.84. The molecule has 0 heterocycles. The number of amides is 1. The van der Waals surface area contributed by atoms with Crippen LogP contribution in [-0.4, -0.2) is 34.7 Å². The third-order valence-corrected chi connectivity index (χ3v) is 3.08. The number of nitrogens with one attached hydrogen (secondary N) is 1. The number of aliphatic carboxylic acids is 1. The Morgan fingerprint density at radius 3 is 2.77 bits per heavy atom. The van der Waals surface area contributed by atoms with Crippen LogP contribution < -0.4 is 5.32 Å². The maximum absolute atomic E-state index is 11.4. The van der Waals surface area contributed by atoms with Gasteiger partial charge < -0.3 is 15.2 Å². The van der Waals surface area contributed by atoms with Gasteiger partial charge in [0.2, 0.25) is 0 Å². The fourth-order valence-electron chi connectivity index (χ4n) is 1.62. The van der Waals surface area contributed by atoms with Crippen LogP contribution >= 0.6 is 15.9 Å². The van der Waals surface area contributed by atoms with E-state index in [1.807, 2.05) is 0 Å².